The zero-order valence-corrected chi connectivity index (χ0v) is 43.6. The molecule has 16 nitrogen and oxygen atoms in total. The fourth-order valence-electron chi connectivity index (χ4n) is 10.00. The highest BCUT2D eigenvalue weighted by molar-refractivity contribution is 7.09. The van der Waals surface area contributed by atoms with Crippen LogP contribution in [0.5, 0.6) is 5.75 Å². The van der Waals surface area contributed by atoms with E-state index < -0.39 is 82.2 Å². The topological polar surface area (TPSA) is 202 Å². The Morgan fingerprint density at radius 3 is 2.38 bits per heavy atom. The number of anilines is 1. The Morgan fingerprint density at radius 1 is 0.986 bits per heavy atom. The first-order chi connectivity index (χ1) is 35.2. The van der Waals surface area contributed by atoms with E-state index in [0.717, 1.165) is 33.7 Å². The van der Waals surface area contributed by atoms with Crippen molar-refractivity contribution >= 4 is 51.9 Å². The minimum atomic E-state index is -1.14. The summed E-state index contributed by atoms with van der Waals surface area (Å²) < 4.78 is 44.7. The lowest BCUT2D eigenvalue weighted by Gasteiger charge is -2.40. The molecule has 5 heterocycles. The van der Waals surface area contributed by atoms with Crippen molar-refractivity contribution in [3.8, 4) is 33.1 Å². The molecule has 0 spiro atoms. The van der Waals surface area contributed by atoms with Crippen molar-refractivity contribution in [1.82, 2.24) is 39.4 Å². The van der Waals surface area contributed by atoms with E-state index in [0.29, 0.717) is 16.9 Å². The number of fused-ring (bicyclic) bond motifs is 1. The maximum Gasteiger partial charge on any atom is 0.355 e. The van der Waals surface area contributed by atoms with Crippen LogP contribution >= 0.6 is 11.5 Å². The van der Waals surface area contributed by atoms with Gasteiger partial charge >= 0.3 is 5.69 Å². The van der Waals surface area contributed by atoms with Crippen LogP contribution in [-0.2, 0) is 25.7 Å². The molecule has 2 fully saturated rings. The highest BCUT2D eigenvalue weighted by Crippen LogP contribution is 2.39. The number of nitrogens with zero attached hydrogens (tertiary/aromatic N) is 7. The van der Waals surface area contributed by atoms with E-state index in [9.17, 15) is 29.1 Å². The summed E-state index contributed by atoms with van der Waals surface area (Å²) >= 11 is 1.40. The molecule has 74 heavy (non-hydrogen) atoms. The molecule has 1 aliphatic carbocycles. The Bertz CT molecular complexity index is 3210. The van der Waals surface area contributed by atoms with Crippen molar-refractivity contribution in [3.63, 3.8) is 0 Å². The number of aliphatic hydroxyl groups is 1. The lowest BCUT2D eigenvalue weighted by molar-refractivity contribution is -0.137. The minimum absolute atomic E-state index is 0.0205. The van der Waals surface area contributed by atoms with E-state index in [1.165, 1.54) is 34.3 Å². The van der Waals surface area contributed by atoms with Gasteiger partial charge < -0.3 is 30.3 Å². The Labute approximate surface area is 432 Å². The second kappa shape index (κ2) is 21.7. The number of piperazine rings is 1. The summed E-state index contributed by atoms with van der Waals surface area (Å²) in [5.41, 5.74) is 1.86. The van der Waals surface area contributed by atoms with Gasteiger partial charge in [-0.1, -0.05) is 71.5 Å². The molecule has 5 atom stereocenters. The number of nitrogens with one attached hydrogen (secondary N) is 2. The number of rotatable bonds is 15. The van der Waals surface area contributed by atoms with Crippen LogP contribution in [0.25, 0.3) is 38.4 Å². The van der Waals surface area contributed by atoms with Gasteiger partial charge in [0.1, 0.15) is 23.1 Å². The van der Waals surface area contributed by atoms with Crippen molar-refractivity contribution in [2.75, 3.05) is 31.1 Å². The van der Waals surface area contributed by atoms with E-state index >= 15 is 8.78 Å². The smallest absolute Gasteiger partial charge is 0.355 e. The number of pyridine rings is 2. The summed E-state index contributed by atoms with van der Waals surface area (Å²) in [6, 6.07) is 12.9. The molecule has 8 rings (SSSR count). The fourth-order valence-corrected chi connectivity index (χ4v) is 10.7. The quantitative estimate of drug-likeness (QED) is 0.0863. The van der Waals surface area contributed by atoms with Gasteiger partial charge in [-0.05, 0) is 109 Å². The molecule has 1 aliphatic heterocycles. The van der Waals surface area contributed by atoms with Gasteiger partial charge in [0.2, 0.25) is 11.8 Å². The van der Waals surface area contributed by atoms with Gasteiger partial charge in [0, 0.05) is 50.5 Å². The fraction of sp³-hybridized carbons (Fsp3) is 0.400. The third kappa shape index (κ3) is 10.8. The van der Waals surface area contributed by atoms with Crippen LogP contribution in [-0.4, -0.2) is 102 Å². The first-order valence-electron chi connectivity index (χ1n) is 24.6. The van der Waals surface area contributed by atoms with E-state index in [1.54, 1.807) is 44.9 Å². The average Bonchev–Trinajstić information content (AvgIpc) is 3.98. The summed E-state index contributed by atoms with van der Waals surface area (Å²) in [7, 11) is 0. The maximum absolute atomic E-state index is 16.9. The zero-order valence-electron chi connectivity index (χ0n) is 42.7. The molecule has 1 saturated carbocycles. The summed E-state index contributed by atoms with van der Waals surface area (Å²) in [6.45, 7) is 18.6. The number of hydrogen-bond donors (Lipinski definition) is 3. The molecule has 3 amide bonds. The van der Waals surface area contributed by atoms with Gasteiger partial charge in [-0.15, -0.1) is 0 Å². The van der Waals surface area contributed by atoms with E-state index in [2.05, 4.69) is 31.6 Å². The van der Waals surface area contributed by atoms with Crippen molar-refractivity contribution < 1.29 is 37.8 Å². The Balaban J connectivity index is 1.06. The molecular weight excluding hydrogens is 969 g/mol. The third-order valence-corrected chi connectivity index (χ3v) is 14.8. The predicted octanol–water partition coefficient (Wildman–Crippen LogP) is 7.39. The molecule has 2 aliphatic rings. The van der Waals surface area contributed by atoms with Gasteiger partial charge in [0.05, 0.1) is 45.3 Å². The number of hydrogen-bond acceptors (Lipinski definition) is 13. The highest BCUT2D eigenvalue weighted by atomic mass is 32.1. The number of carbonyl (C=O) groups excluding carboxylic acids is 4. The predicted molar refractivity (Wildman–Crippen MR) is 279 cm³/mol. The number of ether oxygens (including phenoxy) is 1. The van der Waals surface area contributed by atoms with Crippen molar-refractivity contribution in [1.29, 1.82) is 0 Å². The number of benzene rings is 2. The van der Waals surface area contributed by atoms with Crippen molar-refractivity contribution in [3.05, 3.63) is 124 Å². The van der Waals surface area contributed by atoms with Crippen LogP contribution < -0.4 is 26.0 Å². The van der Waals surface area contributed by atoms with Crippen molar-refractivity contribution in [2.45, 2.75) is 98.9 Å². The number of ketones is 1. The number of halogens is 2. The molecule has 4 aromatic heterocycles. The number of aromatic nitrogens is 5. The van der Waals surface area contributed by atoms with E-state index in [4.69, 9.17) is 9.72 Å². The molecule has 6 aromatic rings. The van der Waals surface area contributed by atoms with Gasteiger partial charge in [-0.3, -0.25) is 24.2 Å². The zero-order chi connectivity index (χ0) is 53.3. The summed E-state index contributed by atoms with van der Waals surface area (Å²) in [5, 5.41) is 16.6. The van der Waals surface area contributed by atoms with E-state index in [-0.39, 0.29) is 79.5 Å². The van der Waals surface area contributed by atoms with E-state index in [1.807, 2.05) is 63.1 Å². The molecule has 0 radical (unpaired) electrons. The monoisotopic (exact) mass is 1030 g/mol. The summed E-state index contributed by atoms with van der Waals surface area (Å²) in [6.07, 6.45) is 3.82. The number of Topliss-reactive ketones (excluding diaryl/α,β-unsaturated/α-hetero) is 1. The number of amides is 3. The van der Waals surface area contributed by atoms with Gasteiger partial charge in [-0.2, -0.15) is 4.98 Å². The van der Waals surface area contributed by atoms with Crippen LogP contribution in [0.3, 0.4) is 0 Å². The second-order valence-corrected chi connectivity index (χ2v) is 21.4. The molecule has 0 bridgehead atoms. The minimum Gasteiger partial charge on any atom is -0.483 e. The molecule has 2 aromatic carbocycles. The number of carbonyl (C=O) groups is 4. The van der Waals surface area contributed by atoms with Crippen LogP contribution in [0.4, 0.5) is 14.6 Å². The Hall–Kier alpha value is -7.25. The van der Waals surface area contributed by atoms with Gasteiger partial charge in [-0.25, -0.2) is 27.5 Å². The normalized spacial score (nSPS) is 18.4. The van der Waals surface area contributed by atoms with Crippen molar-refractivity contribution in [2.24, 2.45) is 17.3 Å². The van der Waals surface area contributed by atoms with Crippen LogP contribution in [0, 0.1) is 42.7 Å². The Morgan fingerprint density at radius 2 is 1.72 bits per heavy atom. The molecular formula is C55H61F2N9O7S. The largest absolute Gasteiger partial charge is 0.483 e. The number of aryl methyl sites for hydroxylation is 2. The van der Waals surface area contributed by atoms with Gasteiger partial charge in [0.15, 0.2) is 23.9 Å². The lowest BCUT2D eigenvalue weighted by Crippen LogP contribution is -2.54. The first kappa shape index (κ1) is 53.1. The van der Waals surface area contributed by atoms with Crippen LogP contribution in [0.2, 0.25) is 0 Å². The average molecular weight is 1030 g/mol. The molecule has 388 valence electrons. The molecule has 19 heteroatoms. The summed E-state index contributed by atoms with van der Waals surface area (Å²) in [4.78, 5) is 87.4. The highest BCUT2D eigenvalue weighted by Gasteiger charge is 2.47. The SMILES string of the molecule is C=CC(=O)N1CCN(c2nc(=O)n(-c3c(C)ccnc3C(C)C)c3nc(-c4c(F)cccc4OCC(=O)N[C@H](C(=O)C4C[C@H](O)C[C@H]4C(=O)NCc4ccc(-c5sncc5C)cc4)C(C)(C)C)c(F)cc23)[C@@H](C)C1. The third-order valence-electron chi connectivity index (χ3n) is 13.8. The lowest BCUT2D eigenvalue weighted by atomic mass is 9.77. The first-order valence-corrected chi connectivity index (χ1v) is 25.4. The standard InChI is InChI=1S/C55H61F2N9O7S/c1-10-43(69)64-20-21-65(32(6)27-64)51-38-24-40(57)46(62-52(38)66(54(72)63-51)47-30(4)18-19-58-45(47)29(2)3)44-39(56)12-11-13-41(44)73-28-42(68)61-50(55(7,8)9)48(70)36-22-35(67)23-37(36)53(71)59-26-33-14-16-34(17-15-33)49-31(5)25-60-74-49/h10-19,24-25,29,32,35-37,50,67H,1,20-23,26-28H2,2-9H3,(H,59,71)(H,61,68)/t32-,35-,36?,37+,50+/m0/s1. The summed E-state index contributed by atoms with van der Waals surface area (Å²) in [5.74, 6) is -5.88. The molecule has 1 unspecified atom stereocenters. The number of aliphatic hydroxyl groups excluding tert-OH is 1. The maximum atomic E-state index is 16.9. The van der Waals surface area contributed by atoms with Gasteiger partial charge in [0.25, 0.3) is 5.91 Å². The van der Waals surface area contributed by atoms with Crippen LogP contribution in [0.1, 0.15) is 82.7 Å². The Kier molecular flexibility index (Phi) is 15.5. The second-order valence-electron chi connectivity index (χ2n) is 20.6. The molecule has 3 N–H and O–H groups in total. The molecule has 1 saturated heterocycles. The van der Waals surface area contributed by atoms with Crippen LogP contribution in [0.15, 0.2) is 84.4 Å².